The second-order valence-corrected chi connectivity index (χ2v) is 7.04. The molecule has 126 valence electrons. The molecule has 0 aromatic carbocycles. The SMILES string of the molecule is Cc1cnccc1OCC1CCN(CC2CC(=O)N(C)C2)CC1. The summed E-state index contributed by atoms with van der Waals surface area (Å²) in [5.41, 5.74) is 1.10. The highest BCUT2D eigenvalue weighted by Gasteiger charge is 2.29. The van der Waals surface area contributed by atoms with Crippen molar-refractivity contribution < 1.29 is 9.53 Å². The lowest BCUT2D eigenvalue weighted by Gasteiger charge is -2.33. The Kier molecular flexibility index (Phi) is 5.16. The molecule has 2 fully saturated rings. The maximum Gasteiger partial charge on any atom is 0.222 e. The highest BCUT2D eigenvalue weighted by molar-refractivity contribution is 5.78. The van der Waals surface area contributed by atoms with E-state index in [2.05, 4.69) is 9.88 Å². The fourth-order valence-corrected chi connectivity index (χ4v) is 3.61. The summed E-state index contributed by atoms with van der Waals surface area (Å²) in [7, 11) is 1.91. The van der Waals surface area contributed by atoms with E-state index in [1.807, 2.05) is 31.1 Å². The number of nitrogens with zero attached hydrogens (tertiary/aromatic N) is 3. The Morgan fingerprint density at radius 3 is 2.74 bits per heavy atom. The Hall–Kier alpha value is -1.62. The van der Waals surface area contributed by atoms with Crippen LogP contribution in [0.4, 0.5) is 0 Å². The lowest BCUT2D eigenvalue weighted by molar-refractivity contribution is -0.126. The van der Waals surface area contributed by atoms with Crippen molar-refractivity contribution in [2.75, 3.05) is 39.8 Å². The van der Waals surface area contributed by atoms with Gasteiger partial charge in [-0.25, -0.2) is 0 Å². The van der Waals surface area contributed by atoms with E-state index in [9.17, 15) is 4.79 Å². The van der Waals surface area contributed by atoms with Crippen LogP contribution in [0.15, 0.2) is 18.5 Å². The van der Waals surface area contributed by atoms with Gasteiger partial charge in [0.1, 0.15) is 5.75 Å². The van der Waals surface area contributed by atoms with E-state index in [-0.39, 0.29) is 0 Å². The minimum absolute atomic E-state index is 0.297. The Morgan fingerprint density at radius 1 is 1.30 bits per heavy atom. The first-order chi connectivity index (χ1) is 11.1. The molecule has 5 nitrogen and oxygen atoms in total. The van der Waals surface area contributed by atoms with Gasteiger partial charge in [0.15, 0.2) is 0 Å². The van der Waals surface area contributed by atoms with Gasteiger partial charge in [-0.2, -0.15) is 0 Å². The number of ether oxygens (including phenoxy) is 1. The summed E-state index contributed by atoms with van der Waals surface area (Å²) in [5, 5.41) is 0. The Morgan fingerprint density at radius 2 is 2.09 bits per heavy atom. The third-order valence-corrected chi connectivity index (χ3v) is 5.09. The molecule has 1 aromatic heterocycles. The largest absolute Gasteiger partial charge is 0.493 e. The number of pyridine rings is 1. The van der Waals surface area contributed by atoms with Crippen LogP contribution in [0.2, 0.25) is 0 Å². The van der Waals surface area contributed by atoms with Crippen molar-refractivity contribution in [2.24, 2.45) is 11.8 Å². The van der Waals surface area contributed by atoms with E-state index in [4.69, 9.17) is 4.74 Å². The third kappa shape index (κ3) is 4.22. The molecule has 5 heteroatoms. The van der Waals surface area contributed by atoms with Crippen molar-refractivity contribution in [3.63, 3.8) is 0 Å². The molecule has 1 unspecified atom stereocenters. The molecule has 2 saturated heterocycles. The molecule has 2 aliphatic heterocycles. The quantitative estimate of drug-likeness (QED) is 0.833. The highest BCUT2D eigenvalue weighted by Crippen LogP contribution is 2.23. The van der Waals surface area contributed by atoms with Gasteiger partial charge in [-0.15, -0.1) is 0 Å². The monoisotopic (exact) mass is 317 g/mol. The molecule has 3 rings (SSSR count). The van der Waals surface area contributed by atoms with Crippen molar-refractivity contribution >= 4 is 5.91 Å². The molecular formula is C18H27N3O2. The van der Waals surface area contributed by atoms with Crippen molar-refractivity contribution in [3.05, 3.63) is 24.0 Å². The Labute approximate surface area is 138 Å². The molecule has 0 saturated carbocycles. The van der Waals surface area contributed by atoms with Gasteiger partial charge in [0.05, 0.1) is 6.61 Å². The van der Waals surface area contributed by atoms with Gasteiger partial charge in [0.2, 0.25) is 5.91 Å². The summed E-state index contributed by atoms with van der Waals surface area (Å²) < 4.78 is 5.96. The number of aryl methyl sites for hydroxylation is 1. The van der Waals surface area contributed by atoms with Crippen molar-refractivity contribution in [1.82, 2.24) is 14.8 Å². The molecule has 3 heterocycles. The number of carbonyl (C=O) groups excluding carboxylic acids is 1. The number of carbonyl (C=O) groups is 1. The number of likely N-dealkylation sites (tertiary alicyclic amines) is 2. The summed E-state index contributed by atoms with van der Waals surface area (Å²) in [6.07, 6.45) is 6.71. The van der Waals surface area contributed by atoms with E-state index in [1.165, 1.54) is 12.8 Å². The Balaban J connectivity index is 1.39. The van der Waals surface area contributed by atoms with Crippen molar-refractivity contribution in [2.45, 2.75) is 26.2 Å². The molecule has 2 aliphatic rings. The van der Waals surface area contributed by atoms with Crippen LogP contribution in [-0.4, -0.2) is 60.5 Å². The normalized spacial score (nSPS) is 23.5. The molecule has 1 atom stereocenters. The van der Waals surface area contributed by atoms with Gasteiger partial charge in [0.25, 0.3) is 0 Å². The number of piperidine rings is 1. The van der Waals surface area contributed by atoms with Crippen molar-refractivity contribution in [1.29, 1.82) is 0 Å². The molecule has 0 aliphatic carbocycles. The lowest BCUT2D eigenvalue weighted by Crippen LogP contribution is -2.38. The number of aromatic nitrogens is 1. The standard InChI is InChI=1S/C18H27N3O2/c1-14-10-19-6-3-17(14)23-13-15-4-7-21(8-5-15)12-16-9-18(22)20(2)11-16/h3,6,10,15-16H,4-5,7-9,11-13H2,1-2H3. The first-order valence-corrected chi connectivity index (χ1v) is 8.61. The van der Waals surface area contributed by atoms with Crippen LogP contribution in [0.1, 0.15) is 24.8 Å². The van der Waals surface area contributed by atoms with Gasteiger partial charge < -0.3 is 14.5 Å². The number of hydrogen-bond donors (Lipinski definition) is 0. The second-order valence-electron chi connectivity index (χ2n) is 7.04. The first-order valence-electron chi connectivity index (χ1n) is 8.61. The zero-order valence-corrected chi connectivity index (χ0v) is 14.2. The molecular weight excluding hydrogens is 290 g/mol. The van der Waals surface area contributed by atoms with E-state index in [1.54, 1.807) is 6.20 Å². The number of rotatable bonds is 5. The summed E-state index contributed by atoms with van der Waals surface area (Å²) in [4.78, 5) is 20.1. The summed E-state index contributed by atoms with van der Waals surface area (Å²) >= 11 is 0. The number of hydrogen-bond acceptors (Lipinski definition) is 4. The molecule has 0 radical (unpaired) electrons. The number of amides is 1. The lowest BCUT2D eigenvalue weighted by atomic mass is 9.96. The average Bonchev–Trinajstić information content (AvgIpc) is 2.86. The fourth-order valence-electron chi connectivity index (χ4n) is 3.61. The maximum absolute atomic E-state index is 11.6. The van der Waals surface area contributed by atoms with E-state index in [0.717, 1.165) is 50.5 Å². The van der Waals surface area contributed by atoms with E-state index < -0.39 is 0 Å². The molecule has 1 aromatic rings. The van der Waals surface area contributed by atoms with Crippen LogP contribution in [0.5, 0.6) is 5.75 Å². The van der Waals surface area contributed by atoms with E-state index in [0.29, 0.717) is 17.7 Å². The van der Waals surface area contributed by atoms with Crippen LogP contribution in [-0.2, 0) is 4.79 Å². The van der Waals surface area contributed by atoms with Crippen LogP contribution in [0, 0.1) is 18.8 Å². The van der Waals surface area contributed by atoms with Crippen LogP contribution < -0.4 is 4.74 Å². The zero-order chi connectivity index (χ0) is 16.2. The molecule has 0 spiro atoms. The molecule has 1 amide bonds. The molecule has 23 heavy (non-hydrogen) atoms. The topological polar surface area (TPSA) is 45.7 Å². The minimum atomic E-state index is 0.297. The predicted octanol–water partition coefficient (Wildman–Crippen LogP) is 1.96. The van der Waals surface area contributed by atoms with E-state index >= 15 is 0 Å². The van der Waals surface area contributed by atoms with Crippen LogP contribution >= 0.6 is 0 Å². The summed E-state index contributed by atoms with van der Waals surface area (Å²) in [6, 6.07) is 1.94. The maximum atomic E-state index is 11.6. The van der Waals surface area contributed by atoms with Crippen molar-refractivity contribution in [3.8, 4) is 5.75 Å². The first kappa shape index (κ1) is 16.2. The van der Waals surface area contributed by atoms with Gasteiger partial charge in [0, 0.05) is 44.5 Å². The predicted molar refractivity (Wildman–Crippen MR) is 89.4 cm³/mol. The minimum Gasteiger partial charge on any atom is -0.493 e. The van der Waals surface area contributed by atoms with Crippen LogP contribution in [0.3, 0.4) is 0 Å². The van der Waals surface area contributed by atoms with Crippen LogP contribution in [0.25, 0.3) is 0 Å². The van der Waals surface area contributed by atoms with Gasteiger partial charge in [-0.1, -0.05) is 0 Å². The second kappa shape index (κ2) is 7.30. The summed E-state index contributed by atoms with van der Waals surface area (Å²) in [5.74, 6) is 2.40. The molecule has 0 N–H and O–H groups in total. The fraction of sp³-hybridized carbons (Fsp3) is 0.667. The highest BCUT2D eigenvalue weighted by atomic mass is 16.5. The zero-order valence-electron chi connectivity index (χ0n) is 14.2. The van der Waals surface area contributed by atoms with Gasteiger partial charge in [-0.05, 0) is 50.8 Å². The third-order valence-electron chi connectivity index (χ3n) is 5.09. The average molecular weight is 317 g/mol. The van der Waals surface area contributed by atoms with Gasteiger partial charge >= 0.3 is 0 Å². The smallest absolute Gasteiger partial charge is 0.222 e. The Bertz CT molecular complexity index is 541. The summed E-state index contributed by atoms with van der Waals surface area (Å²) in [6.45, 7) is 7.06. The molecule has 0 bridgehead atoms. The van der Waals surface area contributed by atoms with Gasteiger partial charge in [-0.3, -0.25) is 9.78 Å².